The number of nitrogens with zero attached hydrogens (tertiary/aromatic N) is 4. The number of hydrogen-bond acceptors (Lipinski definition) is 7. The molecule has 0 atom stereocenters. The van der Waals surface area contributed by atoms with Gasteiger partial charge in [0.05, 0.1) is 5.01 Å². The molecule has 0 fully saturated rings. The quantitative estimate of drug-likeness (QED) is 0.423. The molecule has 2 heterocycles. The van der Waals surface area contributed by atoms with Gasteiger partial charge in [0.1, 0.15) is 5.69 Å². The average molecular weight is 327 g/mol. The summed E-state index contributed by atoms with van der Waals surface area (Å²) in [5, 5.41) is 25.0. The number of thiazole rings is 1. The van der Waals surface area contributed by atoms with E-state index in [0.717, 1.165) is 16.6 Å². The molecule has 0 unspecified atom stereocenters. The van der Waals surface area contributed by atoms with E-state index in [1.807, 2.05) is 31.2 Å². The molecule has 0 radical (unpaired) electrons. The SMILES string of the molecule is Cc1ccc(Cc2nc(C(=O)C=C(O)c3nn[nH]n3)cs2)cc1. The van der Waals surface area contributed by atoms with Gasteiger partial charge in [-0.2, -0.15) is 5.21 Å². The van der Waals surface area contributed by atoms with Gasteiger partial charge in [0.15, 0.2) is 5.76 Å². The number of allylic oxidation sites excluding steroid dienone is 1. The highest BCUT2D eigenvalue weighted by atomic mass is 32.1. The van der Waals surface area contributed by atoms with E-state index in [-0.39, 0.29) is 17.3 Å². The third-order valence-electron chi connectivity index (χ3n) is 3.12. The molecule has 0 saturated carbocycles. The predicted octanol–water partition coefficient (Wildman–Crippen LogP) is 2.34. The van der Waals surface area contributed by atoms with E-state index in [2.05, 4.69) is 25.6 Å². The number of nitrogens with one attached hydrogen (secondary N) is 1. The lowest BCUT2D eigenvalue weighted by Gasteiger charge is -1.98. The maximum absolute atomic E-state index is 12.1. The molecule has 7 nitrogen and oxygen atoms in total. The summed E-state index contributed by atoms with van der Waals surface area (Å²) in [4.78, 5) is 16.4. The molecule has 0 aliphatic rings. The van der Waals surface area contributed by atoms with Crippen LogP contribution < -0.4 is 0 Å². The van der Waals surface area contributed by atoms with E-state index in [4.69, 9.17) is 0 Å². The van der Waals surface area contributed by atoms with Crippen molar-refractivity contribution in [1.29, 1.82) is 0 Å². The summed E-state index contributed by atoms with van der Waals surface area (Å²) in [7, 11) is 0. The largest absolute Gasteiger partial charge is 0.504 e. The predicted molar refractivity (Wildman–Crippen MR) is 85.2 cm³/mol. The number of carbonyl (C=O) groups excluding carboxylic acids is 1. The molecular formula is C15H13N5O2S. The number of tetrazole rings is 1. The number of aromatic amines is 1. The summed E-state index contributed by atoms with van der Waals surface area (Å²) in [6, 6.07) is 8.17. The van der Waals surface area contributed by atoms with E-state index in [9.17, 15) is 9.90 Å². The molecule has 116 valence electrons. The number of aryl methyl sites for hydroxylation is 1. The number of aliphatic hydroxyl groups is 1. The van der Waals surface area contributed by atoms with Gasteiger partial charge in [0, 0.05) is 17.9 Å². The zero-order chi connectivity index (χ0) is 16.2. The lowest BCUT2D eigenvalue weighted by atomic mass is 10.1. The normalized spacial score (nSPS) is 11.6. The van der Waals surface area contributed by atoms with Crippen molar-refractivity contribution in [2.75, 3.05) is 0 Å². The van der Waals surface area contributed by atoms with Crippen LogP contribution in [0.15, 0.2) is 35.7 Å². The van der Waals surface area contributed by atoms with E-state index in [1.165, 1.54) is 16.9 Å². The van der Waals surface area contributed by atoms with Crippen molar-refractivity contribution in [2.45, 2.75) is 13.3 Å². The monoisotopic (exact) mass is 327 g/mol. The van der Waals surface area contributed by atoms with Crippen LogP contribution in [0.2, 0.25) is 0 Å². The minimum absolute atomic E-state index is 0.0338. The fraction of sp³-hybridized carbons (Fsp3) is 0.133. The lowest BCUT2D eigenvalue weighted by molar-refractivity contribution is 0.104. The highest BCUT2D eigenvalue weighted by molar-refractivity contribution is 7.09. The van der Waals surface area contributed by atoms with Crippen molar-refractivity contribution >= 4 is 22.9 Å². The van der Waals surface area contributed by atoms with Gasteiger partial charge in [-0.15, -0.1) is 21.5 Å². The zero-order valence-electron chi connectivity index (χ0n) is 12.2. The molecule has 0 amide bonds. The van der Waals surface area contributed by atoms with Crippen molar-refractivity contribution < 1.29 is 9.90 Å². The highest BCUT2D eigenvalue weighted by Gasteiger charge is 2.12. The third kappa shape index (κ3) is 3.67. The van der Waals surface area contributed by atoms with Crippen LogP contribution in [0.4, 0.5) is 0 Å². The Labute approximate surface area is 135 Å². The van der Waals surface area contributed by atoms with Crippen molar-refractivity contribution in [3.63, 3.8) is 0 Å². The molecule has 2 N–H and O–H groups in total. The number of aromatic nitrogens is 5. The minimum atomic E-state index is -0.404. The molecule has 3 aromatic rings. The summed E-state index contributed by atoms with van der Waals surface area (Å²) in [5.74, 6) is -0.788. The second-order valence-corrected chi connectivity index (χ2v) is 5.86. The Morgan fingerprint density at radius 3 is 2.83 bits per heavy atom. The maximum atomic E-state index is 12.1. The number of carbonyl (C=O) groups is 1. The molecule has 3 rings (SSSR count). The van der Waals surface area contributed by atoms with E-state index >= 15 is 0 Å². The van der Waals surface area contributed by atoms with Gasteiger partial charge in [0.2, 0.25) is 11.6 Å². The number of H-pyrrole nitrogens is 1. The van der Waals surface area contributed by atoms with Crippen molar-refractivity contribution in [1.82, 2.24) is 25.6 Å². The minimum Gasteiger partial charge on any atom is -0.504 e. The van der Waals surface area contributed by atoms with Crippen molar-refractivity contribution in [3.05, 3.63) is 63.4 Å². The Bertz CT molecular complexity index is 837. The second kappa shape index (κ2) is 6.49. The molecule has 2 aromatic heterocycles. The fourth-order valence-corrected chi connectivity index (χ4v) is 2.74. The van der Waals surface area contributed by atoms with E-state index in [0.29, 0.717) is 6.42 Å². The summed E-state index contributed by atoms with van der Waals surface area (Å²) in [6.45, 7) is 2.03. The number of benzene rings is 1. The zero-order valence-corrected chi connectivity index (χ0v) is 13.0. The van der Waals surface area contributed by atoms with Crippen LogP contribution in [0, 0.1) is 6.92 Å². The third-order valence-corrected chi connectivity index (χ3v) is 3.97. The van der Waals surface area contributed by atoms with E-state index < -0.39 is 5.78 Å². The van der Waals surface area contributed by atoms with Gasteiger partial charge >= 0.3 is 0 Å². The van der Waals surface area contributed by atoms with Gasteiger partial charge in [-0.3, -0.25) is 4.79 Å². The standard InChI is InChI=1S/C15H13N5O2S/c1-9-2-4-10(5-3-9)6-14-16-11(8-23-14)12(21)7-13(22)15-17-19-20-18-15/h2-5,7-8,22H,6H2,1H3,(H,17,18,19,20). The Balaban J connectivity index is 1.72. The summed E-state index contributed by atoms with van der Waals surface area (Å²) in [6.07, 6.45) is 1.70. The van der Waals surface area contributed by atoms with Gasteiger partial charge in [-0.05, 0) is 17.7 Å². The van der Waals surface area contributed by atoms with Crippen LogP contribution >= 0.6 is 11.3 Å². The molecule has 8 heteroatoms. The average Bonchev–Trinajstić information content (AvgIpc) is 3.21. The Morgan fingerprint density at radius 1 is 1.35 bits per heavy atom. The molecule has 0 aliphatic carbocycles. The van der Waals surface area contributed by atoms with Crippen LogP contribution in [0.25, 0.3) is 5.76 Å². The lowest BCUT2D eigenvalue weighted by Crippen LogP contribution is -1.99. The molecule has 0 aliphatic heterocycles. The second-order valence-electron chi connectivity index (χ2n) is 4.92. The van der Waals surface area contributed by atoms with Crippen molar-refractivity contribution in [2.24, 2.45) is 0 Å². The molecule has 1 aromatic carbocycles. The van der Waals surface area contributed by atoms with Crippen molar-refractivity contribution in [3.8, 4) is 0 Å². The number of rotatable bonds is 5. The van der Waals surface area contributed by atoms with Gasteiger partial charge in [-0.25, -0.2) is 4.98 Å². The first kappa shape index (κ1) is 15.0. The summed E-state index contributed by atoms with van der Waals surface area (Å²) >= 11 is 1.41. The topological polar surface area (TPSA) is 105 Å². The molecular weight excluding hydrogens is 314 g/mol. The van der Waals surface area contributed by atoms with Crippen LogP contribution in [0.5, 0.6) is 0 Å². The summed E-state index contributed by atoms with van der Waals surface area (Å²) in [5.41, 5.74) is 2.62. The van der Waals surface area contributed by atoms with Crippen LogP contribution in [0.3, 0.4) is 0 Å². The van der Waals surface area contributed by atoms with E-state index in [1.54, 1.807) is 5.38 Å². The molecule has 0 bridgehead atoms. The molecule has 0 saturated heterocycles. The maximum Gasteiger partial charge on any atom is 0.239 e. The Kier molecular flexibility index (Phi) is 4.24. The number of ketones is 1. The highest BCUT2D eigenvalue weighted by Crippen LogP contribution is 2.17. The summed E-state index contributed by atoms with van der Waals surface area (Å²) < 4.78 is 0. The first-order chi connectivity index (χ1) is 11.1. The fourth-order valence-electron chi connectivity index (χ4n) is 1.92. The van der Waals surface area contributed by atoms with Gasteiger partial charge in [-0.1, -0.05) is 29.8 Å². The smallest absolute Gasteiger partial charge is 0.239 e. The Hall–Kier alpha value is -2.87. The van der Waals surface area contributed by atoms with Gasteiger partial charge in [0.25, 0.3) is 0 Å². The number of aliphatic hydroxyl groups excluding tert-OH is 1. The molecule has 0 spiro atoms. The van der Waals surface area contributed by atoms with Crippen LogP contribution in [-0.4, -0.2) is 36.5 Å². The Morgan fingerprint density at radius 2 is 2.13 bits per heavy atom. The first-order valence-corrected chi connectivity index (χ1v) is 7.68. The van der Waals surface area contributed by atoms with Gasteiger partial charge < -0.3 is 5.11 Å². The first-order valence-electron chi connectivity index (χ1n) is 6.80. The number of hydrogen-bond donors (Lipinski definition) is 2. The molecule has 23 heavy (non-hydrogen) atoms. The van der Waals surface area contributed by atoms with Crippen LogP contribution in [-0.2, 0) is 6.42 Å². The van der Waals surface area contributed by atoms with Crippen LogP contribution in [0.1, 0.15) is 32.4 Å².